The fraction of sp³-hybridized carbons (Fsp3) is 0.278. The van der Waals surface area contributed by atoms with Gasteiger partial charge in [0.15, 0.2) is 9.84 Å². The van der Waals surface area contributed by atoms with E-state index in [0.29, 0.717) is 18.5 Å². The first-order chi connectivity index (χ1) is 11.0. The van der Waals surface area contributed by atoms with Crippen molar-refractivity contribution in [3.63, 3.8) is 0 Å². The fourth-order valence-corrected chi connectivity index (χ4v) is 4.34. The zero-order valence-corrected chi connectivity index (χ0v) is 13.8. The van der Waals surface area contributed by atoms with E-state index in [2.05, 4.69) is 0 Å². The first-order valence-electron chi connectivity index (χ1n) is 7.66. The highest BCUT2D eigenvalue weighted by Crippen LogP contribution is 2.30. The van der Waals surface area contributed by atoms with Crippen LogP contribution in [-0.2, 0) is 21.1 Å². The molecule has 0 aliphatic carbocycles. The van der Waals surface area contributed by atoms with Crippen LogP contribution in [0, 0.1) is 6.92 Å². The maximum Gasteiger partial charge on any atom is 0.227 e. The summed E-state index contributed by atoms with van der Waals surface area (Å²) in [5.74, 6) is -0.0456. The van der Waals surface area contributed by atoms with Gasteiger partial charge >= 0.3 is 0 Å². The molecule has 0 atom stereocenters. The van der Waals surface area contributed by atoms with E-state index in [-0.39, 0.29) is 23.1 Å². The number of nitrogens with zero attached hydrogens (tertiary/aromatic N) is 1. The summed E-state index contributed by atoms with van der Waals surface area (Å²) in [6, 6.07) is 14.7. The lowest BCUT2D eigenvalue weighted by molar-refractivity contribution is -0.118. The molecule has 120 valence electrons. The van der Waals surface area contributed by atoms with Gasteiger partial charge in [-0.15, -0.1) is 0 Å². The molecule has 0 saturated carbocycles. The van der Waals surface area contributed by atoms with Crippen LogP contribution in [-0.4, -0.2) is 26.6 Å². The molecular formula is C18H19NO3S. The lowest BCUT2D eigenvalue weighted by Gasteiger charge is -2.29. The van der Waals surface area contributed by atoms with Gasteiger partial charge in [0.05, 0.1) is 16.3 Å². The molecule has 2 aromatic rings. The topological polar surface area (TPSA) is 54.5 Å². The minimum atomic E-state index is -3.28. The minimum Gasteiger partial charge on any atom is -0.310 e. The molecule has 1 aliphatic rings. The summed E-state index contributed by atoms with van der Waals surface area (Å²) < 4.78 is 24.3. The van der Waals surface area contributed by atoms with Gasteiger partial charge in [0.1, 0.15) is 0 Å². The number of benzene rings is 2. The minimum absolute atomic E-state index is 0.0138. The molecule has 1 aliphatic heterocycles. The van der Waals surface area contributed by atoms with Gasteiger partial charge < -0.3 is 4.90 Å². The molecule has 2 aromatic carbocycles. The van der Waals surface area contributed by atoms with Gasteiger partial charge in [-0.3, -0.25) is 4.79 Å². The Hall–Kier alpha value is -2.14. The standard InChI is InChI=1S/C18H19NO3S/c1-14-6-2-3-7-15(14)10-11-18(20)19-12-13-23(21,22)17-9-5-4-8-16(17)19/h2-9H,10-13H2,1H3. The van der Waals surface area contributed by atoms with E-state index >= 15 is 0 Å². The maximum atomic E-state index is 12.6. The Labute approximate surface area is 136 Å². The Morgan fingerprint density at radius 2 is 1.78 bits per heavy atom. The van der Waals surface area contributed by atoms with Crippen molar-refractivity contribution >= 4 is 21.4 Å². The highest BCUT2D eigenvalue weighted by Gasteiger charge is 2.30. The van der Waals surface area contributed by atoms with Crippen LogP contribution in [0.2, 0.25) is 0 Å². The van der Waals surface area contributed by atoms with Crippen molar-refractivity contribution in [1.82, 2.24) is 0 Å². The molecule has 1 amide bonds. The Morgan fingerprint density at radius 3 is 2.57 bits per heavy atom. The van der Waals surface area contributed by atoms with Gasteiger partial charge in [-0.05, 0) is 36.6 Å². The van der Waals surface area contributed by atoms with E-state index in [9.17, 15) is 13.2 Å². The Balaban J connectivity index is 1.80. The molecule has 0 fully saturated rings. The fourth-order valence-electron chi connectivity index (χ4n) is 2.91. The van der Waals surface area contributed by atoms with Gasteiger partial charge in [-0.25, -0.2) is 8.42 Å². The number of fused-ring (bicyclic) bond motifs is 1. The van der Waals surface area contributed by atoms with Crippen molar-refractivity contribution in [3.8, 4) is 0 Å². The second-order valence-corrected chi connectivity index (χ2v) is 7.84. The first-order valence-corrected chi connectivity index (χ1v) is 9.31. The average Bonchev–Trinajstić information content (AvgIpc) is 2.54. The van der Waals surface area contributed by atoms with E-state index in [1.165, 1.54) is 5.56 Å². The number of hydrogen-bond acceptors (Lipinski definition) is 3. The first kappa shape index (κ1) is 15.7. The summed E-state index contributed by atoms with van der Waals surface area (Å²) in [7, 11) is -3.28. The number of sulfone groups is 1. The summed E-state index contributed by atoms with van der Waals surface area (Å²) in [5, 5.41) is 0. The van der Waals surface area contributed by atoms with Gasteiger partial charge in [0, 0.05) is 13.0 Å². The molecule has 0 spiro atoms. The predicted octanol–water partition coefficient (Wildman–Crippen LogP) is 2.75. The van der Waals surface area contributed by atoms with Crippen molar-refractivity contribution in [2.45, 2.75) is 24.7 Å². The Morgan fingerprint density at radius 1 is 1.09 bits per heavy atom. The van der Waals surface area contributed by atoms with Crippen molar-refractivity contribution in [2.24, 2.45) is 0 Å². The maximum absolute atomic E-state index is 12.6. The van der Waals surface area contributed by atoms with Crippen molar-refractivity contribution in [2.75, 3.05) is 17.2 Å². The van der Waals surface area contributed by atoms with Crippen LogP contribution in [0.3, 0.4) is 0 Å². The SMILES string of the molecule is Cc1ccccc1CCC(=O)N1CCS(=O)(=O)c2ccccc21. The van der Waals surface area contributed by atoms with Gasteiger partial charge in [0.25, 0.3) is 0 Å². The van der Waals surface area contributed by atoms with Gasteiger partial charge in [-0.1, -0.05) is 36.4 Å². The number of aryl methyl sites for hydroxylation is 2. The molecule has 0 saturated heterocycles. The highest BCUT2D eigenvalue weighted by atomic mass is 32.2. The van der Waals surface area contributed by atoms with Crippen LogP contribution in [0.5, 0.6) is 0 Å². The molecular weight excluding hydrogens is 310 g/mol. The third-order valence-electron chi connectivity index (χ3n) is 4.25. The summed E-state index contributed by atoms with van der Waals surface area (Å²) in [4.78, 5) is 14.5. The largest absolute Gasteiger partial charge is 0.310 e. The van der Waals surface area contributed by atoms with Crippen molar-refractivity contribution < 1.29 is 13.2 Å². The number of anilines is 1. The lowest BCUT2D eigenvalue weighted by Crippen LogP contribution is -2.39. The third-order valence-corrected chi connectivity index (χ3v) is 5.98. The van der Waals surface area contributed by atoms with Gasteiger partial charge in [-0.2, -0.15) is 0 Å². The number of para-hydroxylation sites is 1. The average molecular weight is 329 g/mol. The summed E-state index contributed by atoms with van der Waals surface area (Å²) in [6.07, 6.45) is 1.04. The predicted molar refractivity (Wildman–Crippen MR) is 90.3 cm³/mol. The number of amides is 1. The normalized spacial score (nSPS) is 16.0. The van der Waals surface area contributed by atoms with Crippen LogP contribution in [0.4, 0.5) is 5.69 Å². The second-order valence-electron chi connectivity index (χ2n) is 5.76. The van der Waals surface area contributed by atoms with E-state index in [0.717, 1.165) is 5.56 Å². The summed E-state index contributed by atoms with van der Waals surface area (Å²) in [6.45, 7) is 2.26. The van der Waals surface area contributed by atoms with Crippen LogP contribution in [0.25, 0.3) is 0 Å². The molecule has 5 heteroatoms. The second kappa shape index (κ2) is 6.16. The van der Waals surface area contributed by atoms with Crippen LogP contribution >= 0.6 is 0 Å². The van der Waals surface area contributed by atoms with E-state index in [1.807, 2.05) is 31.2 Å². The molecule has 0 radical (unpaired) electrons. The molecule has 0 bridgehead atoms. The van der Waals surface area contributed by atoms with Crippen molar-refractivity contribution in [3.05, 3.63) is 59.7 Å². The molecule has 3 rings (SSSR count). The van der Waals surface area contributed by atoms with Crippen LogP contribution in [0.1, 0.15) is 17.5 Å². The molecule has 0 aromatic heterocycles. The highest BCUT2D eigenvalue weighted by molar-refractivity contribution is 7.91. The van der Waals surface area contributed by atoms with E-state index < -0.39 is 9.84 Å². The van der Waals surface area contributed by atoms with Gasteiger partial charge in [0.2, 0.25) is 5.91 Å². The molecule has 23 heavy (non-hydrogen) atoms. The zero-order valence-electron chi connectivity index (χ0n) is 13.0. The third kappa shape index (κ3) is 3.15. The van der Waals surface area contributed by atoms with Crippen LogP contribution < -0.4 is 4.90 Å². The van der Waals surface area contributed by atoms with Crippen LogP contribution in [0.15, 0.2) is 53.4 Å². The number of rotatable bonds is 3. The quantitative estimate of drug-likeness (QED) is 0.870. The molecule has 0 unspecified atom stereocenters. The smallest absolute Gasteiger partial charge is 0.227 e. The monoisotopic (exact) mass is 329 g/mol. The lowest BCUT2D eigenvalue weighted by atomic mass is 10.0. The van der Waals surface area contributed by atoms with E-state index in [4.69, 9.17) is 0 Å². The summed E-state index contributed by atoms with van der Waals surface area (Å²) in [5.41, 5.74) is 2.83. The molecule has 0 N–H and O–H groups in total. The number of hydrogen-bond donors (Lipinski definition) is 0. The molecule has 1 heterocycles. The van der Waals surface area contributed by atoms with E-state index in [1.54, 1.807) is 29.2 Å². The van der Waals surface area contributed by atoms with Crippen molar-refractivity contribution in [1.29, 1.82) is 0 Å². The number of carbonyl (C=O) groups is 1. The molecule has 4 nitrogen and oxygen atoms in total. The summed E-state index contributed by atoms with van der Waals surface area (Å²) >= 11 is 0. The number of carbonyl (C=O) groups excluding carboxylic acids is 1. The Kier molecular flexibility index (Phi) is 4.22. The zero-order chi connectivity index (χ0) is 16.4. The Bertz CT molecular complexity index is 843.